The SMILES string of the molecule is CCCOC(=O)NN1C(=O)[C@](NC(=O)c2ccc(OC)cc2)(C(=O)OCC)c2c1ccc1cc(-c3ccccc3)ccc21. The van der Waals surface area contributed by atoms with Crippen molar-refractivity contribution in [2.75, 3.05) is 25.3 Å². The fraction of sp³-hybridized carbons (Fsp3) is 0.212. The molecular weight excluding hydrogens is 550 g/mol. The van der Waals surface area contributed by atoms with Crippen LogP contribution < -0.4 is 20.5 Å². The molecule has 1 aliphatic rings. The quantitative estimate of drug-likeness (QED) is 0.208. The van der Waals surface area contributed by atoms with Crippen molar-refractivity contribution in [2.45, 2.75) is 25.8 Å². The first-order valence-electron chi connectivity index (χ1n) is 13.9. The summed E-state index contributed by atoms with van der Waals surface area (Å²) >= 11 is 0. The third kappa shape index (κ3) is 5.34. The van der Waals surface area contributed by atoms with Crippen molar-refractivity contribution in [1.82, 2.24) is 10.7 Å². The first kappa shape index (κ1) is 29.1. The summed E-state index contributed by atoms with van der Waals surface area (Å²) in [4.78, 5) is 54.5. The van der Waals surface area contributed by atoms with E-state index in [9.17, 15) is 19.2 Å². The molecule has 10 nitrogen and oxygen atoms in total. The van der Waals surface area contributed by atoms with Crippen LogP contribution in [0.2, 0.25) is 0 Å². The normalized spacial score (nSPS) is 15.5. The van der Waals surface area contributed by atoms with Gasteiger partial charge in [0.15, 0.2) is 0 Å². The lowest BCUT2D eigenvalue weighted by molar-refractivity contribution is -0.155. The average Bonchev–Trinajstić information content (AvgIpc) is 3.27. The molecule has 0 bridgehead atoms. The third-order valence-corrected chi connectivity index (χ3v) is 7.12. The molecule has 0 saturated heterocycles. The number of nitrogens with one attached hydrogen (secondary N) is 2. The minimum absolute atomic E-state index is 0.0590. The first-order valence-corrected chi connectivity index (χ1v) is 13.9. The number of ether oxygens (including phenoxy) is 3. The van der Waals surface area contributed by atoms with Gasteiger partial charge < -0.3 is 19.5 Å². The summed E-state index contributed by atoms with van der Waals surface area (Å²) < 4.78 is 15.8. The number of amides is 3. The second-order valence-electron chi connectivity index (χ2n) is 9.80. The lowest BCUT2D eigenvalue weighted by Gasteiger charge is -2.28. The number of hydrogen-bond donors (Lipinski definition) is 2. The Morgan fingerprint density at radius 3 is 2.28 bits per heavy atom. The fourth-order valence-electron chi connectivity index (χ4n) is 5.10. The number of esters is 1. The van der Waals surface area contributed by atoms with E-state index in [1.165, 1.54) is 19.2 Å². The molecule has 0 saturated carbocycles. The second-order valence-corrected chi connectivity index (χ2v) is 9.80. The lowest BCUT2D eigenvalue weighted by Crippen LogP contribution is -2.61. The highest BCUT2D eigenvalue weighted by Gasteiger charge is 2.60. The van der Waals surface area contributed by atoms with Crippen LogP contribution in [0.15, 0.2) is 84.9 Å². The predicted octanol–water partition coefficient (Wildman–Crippen LogP) is 5.10. The van der Waals surface area contributed by atoms with Crippen molar-refractivity contribution in [2.24, 2.45) is 0 Å². The highest BCUT2D eigenvalue weighted by Crippen LogP contribution is 2.45. The van der Waals surface area contributed by atoms with Gasteiger partial charge in [0.25, 0.3) is 11.8 Å². The first-order chi connectivity index (χ1) is 20.8. The number of methoxy groups -OCH3 is 1. The Kier molecular flexibility index (Phi) is 8.29. The molecule has 5 rings (SSSR count). The molecule has 1 heterocycles. The van der Waals surface area contributed by atoms with Crippen molar-refractivity contribution < 1.29 is 33.4 Å². The summed E-state index contributed by atoms with van der Waals surface area (Å²) in [6.45, 7) is 3.50. The number of fused-ring (bicyclic) bond motifs is 3. The van der Waals surface area contributed by atoms with E-state index in [-0.39, 0.29) is 30.0 Å². The van der Waals surface area contributed by atoms with Crippen molar-refractivity contribution in [3.8, 4) is 16.9 Å². The molecule has 0 aromatic heterocycles. The Morgan fingerprint density at radius 1 is 0.860 bits per heavy atom. The van der Waals surface area contributed by atoms with Gasteiger partial charge in [-0.25, -0.2) is 20.0 Å². The number of nitrogens with zero attached hydrogens (tertiary/aromatic N) is 1. The molecule has 2 N–H and O–H groups in total. The number of anilines is 1. The number of hydrazine groups is 1. The van der Waals surface area contributed by atoms with Crippen LogP contribution in [-0.2, 0) is 24.6 Å². The van der Waals surface area contributed by atoms with Crippen molar-refractivity contribution >= 4 is 40.3 Å². The number of benzene rings is 4. The molecule has 0 aliphatic carbocycles. The standard InChI is InChI=1S/C33H31N3O7/c1-4-19-43-32(40)35-36-27-18-14-24-20-23(21-9-7-6-8-10-21)13-17-26(24)28(27)33(30(36)38,31(39)42-5-2)34-29(37)22-11-15-25(41-3)16-12-22/h6-18,20H,4-5,19H2,1-3H3,(H,34,37)(H,35,40)/t33-/m0/s1. The van der Waals surface area contributed by atoms with E-state index in [4.69, 9.17) is 14.2 Å². The van der Waals surface area contributed by atoms with Gasteiger partial charge in [-0.3, -0.25) is 9.59 Å². The molecule has 0 spiro atoms. The molecule has 1 atom stereocenters. The number of carbonyl (C=O) groups is 4. The molecular formula is C33H31N3O7. The van der Waals surface area contributed by atoms with Crippen molar-refractivity contribution in [1.29, 1.82) is 0 Å². The van der Waals surface area contributed by atoms with Gasteiger partial charge in [-0.2, -0.15) is 0 Å². The van der Waals surface area contributed by atoms with Gasteiger partial charge in [0.1, 0.15) is 5.75 Å². The summed E-state index contributed by atoms with van der Waals surface area (Å²) in [5.74, 6) is -2.09. The Balaban J connectivity index is 1.70. The maximum absolute atomic E-state index is 14.3. The van der Waals surface area contributed by atoms with E-state index in [1.807, 2.05) is 49.4 Å². The minimum Gasteiger partial charge on any atom is -0.497 e. The summed E-state index contributed by atoms with van der Waals surface area (Å²) in [5.41, 5.74) is 2.57. The molecule has 0 unspecified atom stereocenters. The Labute approximate surface area is 248 Å². The zero-order valence-electron chi connectivity index (χ0n) is 24.0. The van der Waals surface area contributed by atoms with Gasteiger partial charge >= 0.3 is 12.1 Å². The third-order valence-electron chi connectivity index (χ3n) is 7.12. The number of rotatable bonds is 9. The van der Waals surface area contributed by atoms with E-state index in [1.54, 1.807) is 37.3 Å². The molecule has 4 aromatic carbocycles. The van der Waals surface area contributed by atoms with Crippen molar-refractivity contribution in [3.63, 3.8) is 0 Å². The van der Waals surface area contributed by atoms with Crippen LogP contribution in [0.1, 0.15) is 36.2 Å². The van der Waals surface area contributed by atoms with Crippen LogP contribution in [0.3, 0.4) is 0 Å². The van der Waals surface area contributed by atoms with E-state index in [0.717, 1.165) is 16.1 Å². The maximum atomic E-state index is 14.3. The van der Waals surface area contributed by atoms with Crippen LogP contribution in [0.5, 0.6) is 5.75 Å². The summed E-state index contributed by atoms with van der Waals surface area (Å²) in [6.07, 6.45) is -0.321. The van der Waals surface area contributed by atoms with Gasteiger partial charge in [0.05, 0.1) is 26.0 Å². The zero-order valence-corrected chi connectivity index (χ0v) is 24.0. The molecule has 220 valence electrons. The van der Waals surface area contributed by atoms with Gasteiger partial charge in [0.2, 0.25) is 5.54 Å². The molecule has 10 heteroatoms. The van der Waals surface area contributed by atoms with Crippen LogP contribution >= 0.6 is 0 Å². The Hall–Kier alpha value is -5.38. The lowest BCUT2D eigenvalue weighted by atomic mass is 9.86. The summed E-state index contributed by atoms with van der Waals surface area (Å²) in [5, 5.41) is 4.84. The monoisotopic (exact) mass is 581 g/mol. The molecule has 1 aliphatic heterocycles. The average molecular weight is 582 g/mol. The molecule has 0 fully saturated rings. The van der Waals surface area contributed by atoms with Gasteiger partial charge in [-0.1, -0.05) is 55.5 Å². The van der Waals surface area contributed by atoms with E-state index < -0.39 is 29.4 Å². The van der Waals surface area contributed by atoms with E-state index in [2.05, 4.69) is 10.7 Å². The fourth-order valence-corrected chi connectivity index (χ4v) is 5.10. The summed E-state index contributed by atoms with van der Waals surface area (Å²) in [7, 11) is 1.50. The highest BCUT2D eigenvalue weighted by atomic mass is 16.6. The van der Waals surface area contributed by atoms with Gasteiger partial charge in [-0.15, -0.1) is 0 Å². The number of hydrogen-bond acceptors (Lipinski definition) is 7. The highest BCUT2D eigenvalue weighted by molar-refractivity contribution is 6.25. The second kappa shape index (κ2) is 12.2. The van der Waals surface area contributed by atoms with Gasteiger partial charge in [0, 0.05) is 11.1 Å². The van der Waals surface area contributed by atoms with Crippen LogP contribution in [0, 0.1) is 0 Å². The molecule has 4 aromatic rings. The maximum Gasteiger partial charge on any atom is 0.426 e. The van der Waals surface area contributed by atoms with Crippen LogP contribution in [-0.4, -0.2) is 44.2 Å². The predicted molar refractivity (Wildman–Crippen MR) is 160 cm³/mol. The zero-order chi connectivity index (χ0) is 30.6. The van der Waals surface area contributed by atoms with Crippen molar-refractivity contribution in [3.05, 3.63) is 96.1 Å². The number of carbonyl (C=O) groups excluding carboxylic acids is 4. The molecule has 3 amide bonds. The Bertz CT molecular complexity index is 1690. The minimum atomic E-state index is -2.33. The van der Waals surface area contributed by atoms with E-state index >= 15 is 0 Å². The van der Waals surface area contributed by atoms with Crippen LogP contribution in [0.4, 0.5) is 10.5 Å². The summed E-state index contributed by atoms with van der Waals surface area (Å²) in [6, 6.07) is 24.9. The smallest absolute Gasteiger partial charge is 0.426 e. The van der Waals surface area contributed by atoms with Crippen LogP contribution in [0.25, 0.3) is 21.9 Å². The topological polar surface area (TPSA) is 123 Å². The van der Waals surface area contributed by atoms with E-state index in [0.29, 0.717) is 22.9 Å². The molecule has 0 radical (unpaired) electrons. The largest absolute Gasteiger partial charge is 0.497 e. The molecule has 43 heavy (non-hydrogen) atoms. The Morgan fingerprint density at radius 2 is 1.60 bits per heavy atom. The van der Waals surface area contributed by atoms with Gasteiger partial charge in [-0.05, 0) is 71.6 Å².